The van der Waals surface area contributed by atoms with Crippen molar-refractivity contribution in [3.05, 3.63) is 29.0 Å². The highest BCUT2D eigenvalue weighted by Gasteiger charge is 2.08. The zero-order chi connectivity index (χ0) is 13.1. The first-order valence-electron chi connectivity index (χ1n) is 5.53. The van der Waals surface area contributed by atoms with Crippen LogP contribution in [0.1, 0.15) is 6.92 Å². The first kappa shape index (κ1) is 13.4. The van der Waals surface area contributed by atoms with Crippen molar-refractivity contribution in [2.75, 3.05) is 17.3 Å². The Balaban J connectivity index is 2.30. The molecule has 0 amide bonds. The van der Waals surface area contributed by atoms with Gasteiger partial charge >= 0.3 is 0 Å². The van der Waals surface area contributed by atoms with Crippen molar-refractivity contribution in [2.45, 2.75) is 13.0 Å². The number of anilines is 1. The molecule has 2 aromatic rings. The van der Waals surface area contributed by atoms with Crippen molar-refractivity contribution in [1.82, 2.24) is 9.97 Å². The molecule has 0 aliphatic heterocycles. The molecule has 96 valence electrons. The van der Waals surface area contributed by atoms with E-state index >= 15 is 0 Å². The molecule has 2 rings (SSSR count). The normalized spacial score (nSPS) is 14.4. The summed E-state index contributed by atoms with van der Waals surface area (Å²) in [7, 11) is -0.813. The van der Waals surface area contributed by atoms with Gasteiger partial charge in [-0.2, -0.15) is 0 Å². The van der Waals surface area contributed by atoms with E-state index in [1.807, 2.05) is 19.1 Å². The molecule has 2 heterocycles. The summed E-state index contributed by atoms with van der Waals surface area (Å²) in [5.41, 5.74) is 2.58. The fourth-order valence-electron chi connectivity index (χ4n) is 1.78. The van der Waals surface area contributed by atoms with E-state index in [0.717, 1.165) is 21.2 Å². The van der Waals surface area contributed by atoms with Gasteiger partial charge in [0.1, 0.15) is 5.52 Å². The number of nitrogens with zero attached hydrogens (tertiary/aromatic N) is 2. The van der Waals surface area contributed by atoms with Gasteiger partial charge < -0.3 is 5.32 Å². The minimum atomic E-state index is -0.813. The quantitative estimate of drug-likeness (QED) is 0.937. The van der Waals surface area contributed by atoms with E-state index in [0.29, 0.717) is 5.75 Å². The van der Waals surface area contributed by atoms with Crippen LogP contribution in [0.15, 0.2) is 29.0 Å². The van der Waals surface area contributed by atoms with Crippen LogP contribution in [0, 0.1) is 0 Å². The van der Waals surface area contributed by atoms with Crippen LogP contribution < -0.4 is 5.32 Å². The lowest BCUT2D eigenvalue weighted by Gasteiger charge is -2.14. The molecular formula is C12H14BrN3OS. The Labute approximate surface area is 117 Å². The van der Waals surface area contributed by atoms with E-state index in [-0.39, 0.29) is 6.04 Å². The molecule has 18 heavy (non-hydrogen) atoms. The highest BCUT2D eigenvalue weighted by molar-refractivity contribution is 9.10. The maximum Gasteiger partial charge on any atom is 0.112 e. The number of halogens is 1. The van der Waals surface area contributed by atoms with Crippen LogP contribution in [-0.2, 0) is 10.8 Å². The molecule has 0 aliphatic rings. The highest BCUT2D eigenvalue weighted by Crippen LogP contribution is 2.22. The fourth-order valence-corrected chi connectivity index (χ4v) is 2.89. The van der Waals surface area contributed by atoms with Crippen molar-refractivity contribution in [1.29, 1.82) is 0 Å². The van der Waals surface area contributed by atoms with E-state index in [1.54, 1.807) is 18.6 Å². The van der Waals surface area contributed by atoms with Gasteiger partial charge in [0.05, 0.1) is 11.2 Å². The largest absolute Gasteiger partial charge is 0.380 e. The summed E-state index contributed by atoms with van der Waals surface area (Å²) >= 11 is 3.38. The van der Waals surface area contributed by atoms with Gasteiger partial charge in [-0.15, -0.1) is 0 Å². The summed E-state index contributed by atoms with van der Waals surface area (Å²) in [5.74, 6) is 0.611. The van der Waals surface area contributed by atoms with Crippen molar-refractivity contribution >= 4 is 43.5 Å². The highest BCUT2D eigenvalue weighted by atomic mass is 79.9. The van der Waals surface area contributed by atoms with Crippen LogP contribution in [0.2, 0.25) is 0 Å². The lowest BCUT2D eigenvalue weighted by atomic mass is 10.2. The molecular weight excluding hydrogens is 314 g/mol. The summed E-state index contributed by atoms with van der Waals surface area (Å²) in [6.45, 7) is 2.01. The summed E-state index contributed by atoms with van der Waals surface area (Å²) in [4.78, 5) is 8.64. The van der Waals surface area contributed by atoms with Gasteiger partial charge in [-0.1, -0.05) is 0 Å². The average molecular weight is 328 g/mol. The second-order valence-electron chi connectivity index (χ2n) is 4.17. The third kappa shape index (κ3) is 3.26. The second-order valence-corrected chi connectivity index (χ2v) is 6.56. The lowest BCUT2D eigenvalue weighted by molar-refractivity contribution is 0.683. The van der Waals surface area contributed by atoms with Gasteiger partial charge in [0.25, 0.3) is 0 Å². The van der Waals surface area contributed by atoms with Crippen LogP contribution in [0.5, 0.6) is 0 Å². The van der Waals surface area contributed by atoms with Crippen LogP contribution >= 0.6 is 15.9 Å². The number of nitrogens with one attached hydrogen (secondary N) is 1. The van der Waals surface area contributed by atoms with Gasteiger partial charge in [-0.25, -0.2) is 0 Å². The Bertz CT molecular complexity index is 591. The molecule has 0 bridgehead atoms. The van der Waals surface area contributed by atoms with Gasteiger partial charge in [0.2, 0.25) is 0 Å². The van der Waals surface area contributed by atoms with Crippen LogP contribution in [0.4, 0.5) is 5.69 Å². The van der Waals surface area contributed by atoms with Crippen molar-refractivity contribution in [2.24, 2.45) is 0 Å². The molecule has 0 saturated heterocycles. The van der Waals surface area contributed by atoms with E-state index in [2.05, 4.69) is 31.2 Å². The first-order valence-corrected chi connectivity index (χ1v) is 8.05. The monoisotopic (exact) mass is 327 g/mol. The van der Waals surface area contributed by atoms with Crippen LogP contribution in [0.25, 0.3) is 11.0 Å². The number of hydrogen-bond donors (Lipinski definition) is 1. The maximum atomic E-state index is 11.2. The molecule has 2 unspecified atom stereocenters. The van der Waals surface area contributed by atoms with Crippen molar-refractivity contribution < 1.29 is 4.21 Å². The predicted molar refractivity (Wildman–Crippen MR) is 79.3 cm³/mol. The lowest BCUT2D eigenvalue weighted by Crippen LogP contribution is -2.22. The Morgan fingerprint density at radius 1 is 1.50 bits per heavy atom. The summed E-state index contributed by atoms with van der Waals surface area (Å²) in [6.07, 6.45) is 5.20. The standard InChI is InChI=1S/C12H14BrN3OS/c1-8(7-18(2)17)16-10-3-4-14-11-5-9(13)6-15-12(10)11/h3-6,8H,7H2,1-2H3,(H,14,16). The Morgan fingerprint density at radius 3 is 3.00 bits per heavy atom. The SMILES string of the molecule is CC(CS(C)=O)Nc1ccnc2cc(Br)cnc12. The molecule has 0 aromatic carbocycles. The smallest absolute Gasteiger partial charge is 0.112 e. The van der Waals surface area contributed by atoms with Gasteiger partial charge in [-0.05, 0) is 35.0 Å². The second kappa shape index (κ2) is 5.75. The van der Waals surface area contributed by atoms with E-state index in [4.69, 9.17) is 0 Å². The van der Waals surface area contributed by atoms with E-state index < -0.39 is 10.8 Å². The third-order valence-corrected chi connectivity index (χ3v) is 3.83. The zero-order valence-electron chi connectivity index (χ0n) is 10.2. The summed E-state index contributed by atoms with van der Waals surface area (Å²) < 4.78 is 12.1. The third-order valence-electron chi connectivity index (χ3n) is 2.43. The fraction of sp³-hybridized carbons (Fsp3) is 0.333. The number of pyridine rings is 2. The molecule has 2 atom stereocenters. The summed E-state index contributed by atoms with van der Waals surface area (Å²) in [5, 5.41) is 3.32. The molecule has 0 spiro atoms. The minimum Gasteiger partial charge on any atom is -0.380 e. The van der Waals surface area contributed by atoms with Crippen molar-refractivity contribution in [3.8, 4) is 0 Å². The Hall–Kier alpha value is -1.01. The molecule has 1 N–H and O–H groups in total. The van der Waals surface area contributed by atoms with Crippen LogP contribution in [0.3, 0.4) is 0 Å². The number of aromatic nitrogens is 2. The molecule has 6 heteroatoms. The topological polar surface area (TPSA) is 54.9 Å². The van der Waals surface area contributed by atoms with Gasteiger partial charge in [0, 0.05) is 45.7 Å². The molecule has 0 radical (unpaired) electrons. The molecule has 2 aromatic heterocycles. The molecule has 4 nitrogen and oxygen atoms in total. The molecule has 0 aliphatic carbocycles. The number of hydrogen-bond acceptors (Lipinski definition) is 4. The van der Waals surface area contributed by atoms with Gasteiger partial charge in [-0.3, -0.25) is 14.2 Å². The van der Waals surface area contributed by atoms with E-state index in [9.17, 15) is 4.21 Å². The van der Waals surface area contributed by atoms with Crippen LogP contribution in [-0.4, -0.2) is 32.2 Å². The number of rotatable bonds is 4. The summed E-state index contributed by atoms with van der Waals surface area (Å²) in [6, 6.07) is 3.95. The van der Waals surface area contributed by atoms with E-state index in [1.165, 1.54) is 0 Å². The van der Waals surface area contributed by atoms with Crippen molar-refractivity contribution in [3.63, 3.8) is 0 Å². The molecule has 0 fully saturated rings. The minimum absolute atomic E-state index is 0.131. The molecule has 0 saturated carbocycles. The average Bonchev–Trinajstić information content (AvgIpc) is 2.27. The number of fused-ring (bicyclic) bond motifs is 1. The van der Waals surface area contributed by atoms with Gasteiger partial charge in [0.15, 0.2) is 0 Å². The maximum absolute atomic E-state index is 11.2. The first-order chi connectivity index (χ1) is 8.56. The Kier molecular flexibility index (Phi) is 4.29. The Morgan fingerprint density at radius 2 is 2.28 bits per heavy atom. The zero-order valence-corrected chi connectivity index (χ0v) is 12.6. The predicted octanol–water partition coefficient (Wildman–Crippen LogP) is 2.57.